The van der Waals surface area contributed by atoms with E-state index in [4.69, 9.17) is 0 Å². The third kappa shape index (κ3) is 3.24. The molecule has 0 aromatic heterocycles. The minimum Gasteiger partial charge on any atom is -0.507 e. The summed E-state index contributed by atoms with van der Waals surface area (Å²) in [7, 11) is -3.48. The normalized spacial score (nSPS) is 11.2. The fourth-order valence-electron chi connectivity index (χ4n) is 1.82. The molecule has 0 bridgehead atoms. The van der Waals surface area contributed by atoms with Gasteiger partial charge in [-0.25, -0.2) is 8.42 Å². The highest BCUT2D eigenvalue weighted by Gasteiger charge is 2.18. The highest BCUT2D eigenvalue weighted by molar-refractivity contribution is 7.91. The van der Waals surface area contributed by atoms with Gasteiger partial charge in [-0.3, -0.25) is 4.79 Å². The maximum Gasteiger partial charge on any atom is 0.178 e. The monoisotopic (exact) mass is 290 g/mol. The SMILES string of the molecule is O=C(CCS(=O)(=O)c1ccccc1)c1ccccc1O. The number of sulfone groups is 1. The highest BCUT2D eigenvalue weighted by Crippen LogP contribution is 2.19. The first-order valence-corrected chi connectivity index (χ1v) is 7.75. The molecule has 0 heterocycles. The van der Waals surface area contributed by atoms with Gasteiger partial charge in [0, 0.05) is 6.42 Å². The van der Waals surface area contributed by atoms with E-state index in [0.717, 1.165) is 0 Å². The maximum absolute atomic E-state index is 12.0. The van der Waals surface area contributed by atoms with Crippen molar-refractivity contribution in [1.29, 1.82) is 0 Å². The molecule has 0 fully saturated rings. The van der Waals surface area contributed by atoms with Gasteiger partial charge in [-0.05, 0) is 24.3 Å². The average molecular weight is 290 g/mol. The van der Waals surface area contributed by atoms with Crippen LogP contribution in [0.4, 0.5) is 0 Å². The summed E-state index contributed by atoms with van der Waals surface area (Å²) in [4.78, 5) is 12.1. The summed E-state index contributed by atoms with van der Waals surface area (Å²) >= 11 is 0. The molecule has 0 spiro atoms. The zero-order chi connectivity index (χ0) is 14.6. The first-order valence-electron chi connectivity index (χ1n) is 6.10. The first-order chi connectivity index (χ1) is 9.50. The van der Waals surface area contributed by atoms with Gasteiger partial charge in [-0.1, -0.05) is 30.3 Å². The molecule has 20 heavy (non-hydrogen) atoms. The van der Waals surface area contributed by atoms with Crippen molar-refractivity contribution >= 4 is 15.6 Å². The first kappa shape index (κ1) is 14.3. The number of rotatable bonds is 5. The number of benzene rings is 2. The molecular formula is C15H14O4S. The van der Waals surface area contributed by atoms with E-state index in [1.807, 2.05) is 0 Å². The van der Waals surface area contributed by atoms with E-state index in [9.17, 15) is 18.3 Å². The van der Waals surface area contributed by atoms with E-state index >= 15 is 0 Å². The molecule has 1 N–H and O–H groups in total. The lowest BCUT2D eigenvalue weighted by Crippen LogP contribution is -2.11. The number of hydrogen-bond donors (Lipinski definition) is 1. The molecule has 0 aliphatic rings. The lowest BCUT2D eigenvalue weighted by Gasteiger charge is -2.05. The lowest BCUT2D eigenvalue weighted by molar-refractivity contribution is 0.0986. The van der Waals surface area contributed by atoms with Crippen LogP contribution >= 0.6 is 0 Å². The predicted molar refractivity (Wildman–Crippen MR) is 75.5 cm³/mol. The van der Waals surface area contributed by atoms with Crippen LogP contribution in [-0.2, 0) is 9.84 Å². The van der Waals surface area contributed by atoms with Crippen molar-refractivity contribution in [2.45, 2.75) is 11.3 Å². The van der Waals surface area contributed by atoms with Crippen molar-refractivity contribution < 1.29 is 18.3 Å². The standard InChI is InChI=1S/C15H14O4S/c16-14-9-5-4-8-13(14)15(17)10-11-20(18,19)12-6-2-1-3-7-12/h1-9,16H,10-11H2. The van der Waals surface area contributed by atoms with Crippen LogP contribution in [0, 0.1) is 0 Å². The largest absolute Gasteiger partial charge is 0.507 e. The number of carbonyl (C=O) groups excluding carboxylic acids is 1. The van der Waals surface area contributed by atoms with Gasteiger partial charge in [0.1, 0.15) is 5.75 Å². The van der Waals surface area contributed by atoms with Crippen molar-refractivity contribution in [2.24, 2.45) is 0 Å². The van der Waals surface area contributed by atoms with Crippen LogP contribution in [-0.4, -0.2) is 25.1 Å². The van der Waals surface area contributed by atoms with E-state index in [1.165, 1.54) is 24.3 Å². The minimum atomic E-state index is -3.48. The second-order valence-corrected chi connectivity index (χ2v) is 6.43. The van der Waals surface area contributed by atoms with E-state index < -0.39 is 9.84 Å². The van der Waals surface area contributed by atoms with Gasteiger partial charge in [-0.15, -0.1) is 0 Å². The molecule has 0 unspecified atom stereocenters. The van der Waals surface area contributed by atoms with Crippen LogP contribution in [0.3, 0.4) is 0 Å². The summed E-state index contributed by atoms with van der Waals surface area (Å²) in [5.41, 5.74) is 0.149. The van der Waals surface area contributed by atoms with Gasteiger partial charge in [0.15, 0.2) is 15.6 Å². The number of para-hydroxylation sites is 1. The summed E-state index contributed by atoms with van der Waals surface area (Å²) in [6.45, 7) is 0. The summed E-state index contributed by atoms with van der Waals surface area (Å²) in [5, 5.41) is 9.56. The highest BCUT2D eigenvalue weighted by atomic mass is 32.2. The number of phenols is 1. The van der Waals surface area contributed by atoms with Crippen molar-refractivity contribution in [3.63, 3.8) is 0 Å². The Balaban J connectivity index is 2.10. The molecule has 2 rings (SSSR count). The number of ketones is 1. The molecule has 0 aliphatic carbocycles. The van der Waals surface area contributed by atoms with Gasteiger partial charge < -0.3 is 5.11 Å². The Morgan fingerprint density at radius 2 is 1.55 bits per heavy atom. The van der Waals surface area contributed by atoms with Crippen molar-refractivity contribution in [3.8, 4) is 5.75 Å². The summed E-state index contributed by atoms with van der Waals surface area (Å²) in [6.07, 6.45) is -0.158. The number of phenolic OH excluding ortho intramolecular Hbond substituents is 1. The van der Waals surface area contributed by atoms with Gasteiger partial charge >= 0.3 is 0 Å². The predicted octanol–water partition coefficient (Wildman–Crippen LogP) is 2.44. The Morgan fingerprint density at radius 1 is 0.950 bits per heavy atom. The van der Waals surface area contributed by atoms with Crippen LogP contribution in [0.1, 0.15) is 16.8 Å². The number of hydrogen-bond acceptors (Lipinski definition) is 4. The van der Waals surface area contributed by atoms with Crippen LogP contribution in [0.5, 0.6) is 5.75 Å². The molecule has 0 aliphatic heterocycles. The van der Waals surface area contributed by atoms with Crippen molar-refractivity contribution in [3.05, 3.63) is 60.2 Å². The van der Waals surface area contributed by atoms with Gasteiger partial charge in [0.2, 0.25) is 0 Å². The molecule has 5 heteroatoms. The van der Waals surface area contributed by atoms with E-state index in [0.29, 0.717) is 0 Å². The summed E-state index contributed by atoms with van der Waals surface area (Å²) < 4.78 is 24.1. The summed E-state index contributed by atoms with van der Waals surface area (Å²) in [6, 6.07) is 14.1. The maximum atomic E-state index is 12.0. The molecule has 4 nitrogen and oxygen atoms in total. The molecule has 0 atom stereocenters. The zero-order valence-corrected chi connectivity index (χ0v) is 11.5. The molecule has 0 saturated carbocycles. The third-order valence-corrected chi connectivity index (χ3v) is 4.64. The molecule has 0 radical (unpaired) electrons. The quantitative estimate of drug-likeness (QED) is 0.858. The average Bonchev–Trinajstić information content (AvgIpc) is 2.46. The second-order valence-electron chi connectivity index (χ2n) is 4.32. The van der Waals surface area contributed by atoms with E-state index in [2.05, 4.69) is 0 Å². The Bertz CT molecular complexity index is 706. The zero-order valence-electron chi connectivity index (χ0n) is 10.7. The van der Waals surface area contributed by atoms with E-state index in [1.54, 1.807) is 30.3 Å². The second kappa shape index (κ2) is 5.88. The van der Waals surface area contributed by atoms with Crippen LogP contribution in [0.15, 0.2) is 59.5 Å². The number of aromatic hydroxyl groups is 1. The molecule has 104 valence electrons. The Kier molecular flexibility index (Phi) is 4.20. The van der Waals surface area contributed by atoms with Crippen LogP contribution < -0.4 is 0 Å². The van der Waals surface area contributed by atoms with Gasteiger partial charge in [0.05, 0.1) is 16.2 Å². The molecule has 0 amide bonds. The minimum absolute atomic E-state index is 0.130. The lowest BCUT2D eigenvalue weighted by atomic mass is 10.1. The van der Waals surface area contributed by atoms with E-state index in [-0.39, 0.29) is 34.2 Å². The third-order valence-electron chi connectivity index (χ3n) is 2.90. The van der Waals surface area contributed by atoms with Crippen LogP contribution in [0.2, 0.25) is 0 Å². The molecule has 2 aromatic carbocycles. The number of carbonyl (C=O) groups is 1. The summed E-state index contributed by atoms with van der Waals surface area (Å²) in [5.74, 6) is -0.790. The van der Waals surface area contributed by atoms with Crippen LogP contribution in [0.25, 0.3) is 0 Å². The Hall–Kier alpha value is -2.14. The Labute approximate surface area is 117 Å². The fourth-order valence-corrected chi connectivity index (χ4v) is 3.08. The van der Waals surface area contributed by atoms with Crippen molar-refractivity contribution in [1.82, 2.24) is 0 Å². The molecular weight excluding hydrogens is 276 g/mol. The number of Topliss-reactive ketones (excluding diaryl/α,β-unsaturated/α-hetero) is 1. The van der Waals surface area contributed by atoms with Gasteiger partial charge in [-0.2, -0.15) is 0 Å². The van der Waals surface area contributed by atoms with Gasteiger partial charge in [0.25, 0.3) is 0 Å². The topological polar surface area (TPSA) is 71.4 Å². The molecule has 2 aromatic rings. The van der Waals surface area contributed by atoms with Crippen molar-refractivity contribution in [2.75, 3.05) is 5.75 Å². The Morgan fingerprint density at radius 3 is 2.20 bits per heavy atom. The smallest absolute Gasteiger partial charge is 0.178 e. The fraction of sp³-hybridized carbons (Fsp3) is 0.133. The molecule has 0 saturated heterocycles.